The van der Waals surface area contributed by atoms with Crippen LogP contribution < -0.4 is 19.9 Å². The van der Waals surface area contributed by atoms with E-state index in [2.05, 4.69) is 0 Å². The fraction of sp³-hybridized carbons (Fsp3) is 0.294. The van der Waals surface area contributed by atoms with Crippen molar-refractivity contribution < 1.29 is 14.2 Å². The maximum atomic E-state index is 6.04. The molecule has 2 rings (SSSR count). The largest absolute Gasteiger partial charge is 0.490 e. The van der Waals surface area contributed by atoms with Crippen LogP contribution in [0.5, 0.6) is 17.2 Å². The minimum absolute atomic E-state index is 0.353. The minimum atomic E-state index is 0.353. The summed E-state index contributed by atoms with van der Waals surface area (Å²) in [5, 5.41) is 1.04. The third-order valence-electron chi connectivity index (χ3n) is 3.04. The van der Waals surface area contributed by atoms with Gasteiger partial charge in [0, 0.05) is 11.6 Å². The predicted octanol–water partition coefficient (Wildman–Crippen LogP) is 4.31. The molecule has 0 spiro atoms. The highest BCUT2D eigenvalue weighted by atomic mass is 35.5. The van der Waals surface area contributed by atoms with Gasteiger partial charge in [-0.3, -0.25) is 0 Å². The fourth-order valence-electron chi connectivity index (χ4n) is 1.96. The molecule has 0 heterocycles. The Hall–Kier alpha value is -1.62. The molecule has 0 amide bonds. The minimum Gasteiger partial charge on any atom is -0.490 e. The zero-order chi connectivity index (χ0) is 16.7. The second kappa shape index (κ2) is 8.87. The average Bonchev–Trinajstić information content (AvgIpc) is 2.54. The van der Waals surface area contributed by atoms with E-state index in [0.717, 1.165) is 5.56 Å². The second-order valence-electron chi connectivity index (χ2n) is 4.69. The van der Waals surface area contributed by atoms with E-state index in [9.17, 15) is 0 Å². The lowest BCUT2D eigenvalue weighted by atomic mass is 10.2. The van der Waals surface area contributed by atoms with Crippen LogP contribution in [0.25, 0.3) is 0 Å². The third-order valence-corrected chi connectivity index (χ3v) is 3.57. The van der Waals surface area contributed by atoms with Gasteiger partial charge in [-0.15, -0.1) is 0 Å². The number of halogens is 2. The number of hydrogen-bond acceptors (Lipinski definition) is 4. The van der Waals surface area contributed by atoms with E-state index in [4.69, 9.17) is 43.1 Å². The van der Waals surface area contributed by atoms with Crippen molar-refractivity contribution in [3.63, 3.8) is 0 Å². The zero-order valence-corrected chi connectivity index (χ0v) is 14.4. The summed E-state index contributed by atoms with van der Waals surface area (Å²) in [4.78, 5) is 0. The molecule has 0 saturated heterocycles. The summed E-state index contributed by atoms with van der Waals surface area (Å²) >= 11 is 11.9. The summed E-state index contributed by atoms with van der Waals surface area (Å²) in [5.74, 6) is 1.91. The summed E-state index contributed by atoms with van der Waals surface area (Å²) in [6.45, 7) is 3.65. The molecule has 0 saturated carbocycles. The Balaban J connectivity index is 1.90. The van der Waals surface area contributed by atoms with Crippen LogP contribution in [0.2, 0.25) is 10.0 Å². The van der Waals surface area contributed by atoms with Crippen molar-refractivity contribution in [2.45, 2.75) is 13.5 Å². The Bertz CT molecular complexity index is 650. The standard InChI is InChI=1S/C17H19Cl2NO3/c1-2-21-17-9-12(11-20)3-5-16(17)23-8-7-22-15-6-4-13(18)10-14(15)19/h3-6,9-10H,2,7-8,11,20H2,1H3. The Kier molecular flexibility index (Phi) is 6.84. The highest BCUT2D eigenvalue weighted by Gasteiger charge is 2.07. The van der Waals surface area contributed by atoms with Gasteiger partial charge in [0.1, 0.15) is 19.0 Å². The first-order valence-electron chi connectivity index (χ1n) is 7.30. The van der Waals surface area contributed by atoms with Gasteiger partial charge in [0.15, 0.2) is 11.5 Å². The van der Waals surface area contributed by atoms with Gasteiger partial charge in [-0.1, -0.05) is 29.3 Å². The molecule has 124 valence electrons. The van der Waals surface area contributed by atoms with E-state index in [0.29, 0.717) is 53.7 Å². The molecule has 0 aliphatic rings. The molecule has 23 heavy (non-hydrogen) atoms. The van der Waals surface area contributed by atoms with Crippen LogP contribution in [-0.4, -0.2) is 19.8 Å². The normalized spacial score (nSPS) is 10.4. The second-order valence-corrected chi connectivity index (χ2v) is 5.53. The smallest absolute Gasteiger partial charge is 0.161 e. The molecule has 0 aromatic heterocycles. The monoisotopic (exact) mass is 355 g/mol. The van der Waals surface area contributed by atoms with Crippen LogP contribution in [0.15, 0.2) is 36.4 Å². The van der Waals surface area contributed by atoms with Gasteiger partial charge < -0.3 is 19.9 Å². The van der Waals surface area contributed by atoms with Crippen molar-refractivity contribution in [1.82, 2.24) is 0 Å². The van der Waals surface area contributed by atoms with E-state index in [1.165, 1.54) is 0 Å². The molecule has 6 heteroatoms. The van der Waals surface area contributed by atoms with Crippen molar-refractivity contribution >= 4 is 23.2 Å². The van der Waals surface area contributed by atoms with Gasteiger partial charge in [-0.05, 0) is 42.8 Å². The number of nitrogens with two attached hydrogens (primary N) is 1. The predicted molar refractivity (Wildman–Crippen MR) is 93.0 cm³/mol. The Morgan fingerprint density at radius 3 is 2.22 bits per heavy atom. The third kappa shape index (κ3) is 5.20. The van der Waals surface area contributed by atoms with Crippen molar-refractivity contribution in [3.05, 3.63) is 52.0 Å². The van der Waals surface area contributed by atoms with E-state index in [1.807, 2.05) is 25.1 Å². The first-order chi connectivity index (χ1) is 11.1. The van der Waals surface area contributed by atoms with Crippen LogP contribution in [0, 0.1) is 0 Å². The first-order valence-corrected chi connectivity index (χ1v) is 8.06. The van der Waals surface area contributed by atoms with Gasteiger partial charge in [0.2, 0.25) is 0 Å². The molecule has 0 atom stereocenters. The Morgan fingerprint density at radius 1 is 0.870 bits per heavy atom. The van der Waals surface area contributed by atoms with E-state index < -0.39 is 0 Å². The summed E-state index contributed by atoms with van der Waals surface area (Å²) in [5.41, 5.74) is 6.63. The van der Waals surface area contributed by atoms with Crippen LogP contribution in [0.4, 0.5) is 0 Å². The fourth-order valence-corrected chi connectivity index (χ4v) is 2.43. The SMILES string of the molecule is CCOc1cc(CN)ccc1OCCOc1ccc(Cl)cc1Cl. The number of benzene rings is 2. The van der Waals surface area contributed by atoms with E-state index >= 15 is 0 Å². The molecular weight excluding hydrogens is 337 g/mol. The molecule has 0 bridgehead atoms. The number of rotatable bonds is 8. The van der Waals surface area contributed by atoms with Crippen LogP contribution in [0.1, 0.15) is 12.5 Å². The van der Waals surface area contributed by atoms with Crippen LogP contribution in [0.3, 0.4) is 0 Å². The van der Waals surface area contributed by atoms with Crippen LogP contribution >= 0.6 is 23.2 Å². The summed E-state index contributed by atoms with van der Waals surface area (Å²) < 4.78 is 16.9. The Labute approximate surface area is 146 Å². The molecule has 4 nitrogen and oxygen atoms in total. The van der Waals surface area contributed by atoms with Crippen molar-refractivity contribution in [2.75, 3.05) is 19.8 Å². The Morgan fingerprint density at radius 2 is 1.57 bits per heavy atom. The number of ether oxygens (including phenoxy) is 3. The van der Waals surface area contributed by atoms with E-state index in [1.54, 1.807) is 18.2 Å². The van der Waals surface area contributed by atoms with Crippen molar-refractivity contribution in [2.24, 2.45) is 5.73 Å². The van der Waals surface area contributed by atoms with Crippen molar-refractivity contribution in [3.8, 4) is 17.2 Å². The van der Waals surface area contributed by atoms with Gasteiger partial charge in [0.05, 0.1) is 11.6 Å². The summed E-state index contributed by atoms with van der Waals surface area (Å²) in [6, 6.07) is 10.7. The molecule has 0 unspecified atom stereocenters. The lowest BCUT2D eigenvalue weighted by Crippen LogP contribution is -2.10. The molecule has 0 radical (unpaired) electrons. The van der Waals surface area contributed by atoms with Gasteiger partial charge in [-0.25, -0.2) is 0 Å². The van der Waals surface area contributed by atoms with Crippen molar-refractivity contribution in [1.29, 1.82) is 0 Å². The quantitative estimate of drug-likeness (QED) is 0.716. The highest BCUT2D eigenvalue weighted by Crippen LogP contribution is 2.29. The first kappa shape index (κ1) is 17.7. The van der Waals surface area contributed by atoms with Gasteiger partial charge in [-0.2, -0.15) is 0 Å². The molecular formula is C17H19Cl2NO3. The molecule has 2 aromatic carbocycles. The lowest BCUT2D eigenvalue weighted by molar-refractivity contribution is 0.208. The highest BCUT2D eigenvalue weighted by molar-refractivity contribution is 6.35. The molecule has 2 aromatic rings. The van der Waals surface area contributed by atoms with E-state index in [-0.39, 0.29) is 0 Å². The summed E-state index contributed by atoms with van der Waals surface area (Å²) in [6.07, 6.45) is 0. The molecule has 0 fully saturated rings. The zero-order valence-electron chi connectivity index (χ0n) is 12.9. The van der Waals surface area contributed by atoms with Gasteiger partial charge in [0.25, 0.3) is 0 Å². The van der Waals surface area contributed by atoms with Crippen LogP contribution in [-0.2, 0) is 6.54 Å². The summed E-state index contributed by atoms with van der Waals surface area (Å²) in [7, 11) is 0. The molecule has 0 aliphatic heterocycles. The molecule has 2 N–H and O–H groups in total. The number of hydrogen-bond donors (Lipinski definition) is 1. The maximum absolute atomic E-state index is 6.04. The lowest BCUT2D eigenvalue weighted by Gasteiger charge is -2.14. The van der Waals surface area contributed by atoms with Gasteiger partial charge >= 0.3 is 0 Å². The topological polar surface area (TPSA) is 53.7 Å². The average molecular weight is 356 g/mol. The maximum Gasteiger partial charge on any atom is 0.161 e. The molecule has 0 aliphatic carbocycles.